The van der Waals surface area contributed by atoms with E-state index >= 15 is 0 Å². The van der Waals surface area contributed by atoms with E-state index in [9.17, 15) is 14.4 Å². The molecular weight excluding hydrogens is 300 g/mol. The number of aryl methyl sites for hydroxylation is 1. The molecule has 0 spiro atoms. The number of nitrogens with one attached hydrogen (secondary N) is 2. The monoisotopic (exact) mass is 316 g/mol. The highest BCUT2D eigenvalue weighted by molar-refractivity contribution is 5.96. The van der Waals surface area contributed by atoms with E-state index in [0.717, 1.165) is 0 Å². The van der Waals surface area contributed by atoms with Crippen LogP contribution in [0, 0.1) is 6.92 Å². The lowest BCUT2D eigenvalue weighted by Gasteiger charge is -2.13. The van der Waals surface area contributed by atoms with Crippen molar-refractivity contribution in [3.63, 3.8) is 0 Å². The Kier molecular flexibility index (Phi) is 5.14. The number of furan rings is 1. The van der Waals surface area contributed by atoms with Crippen molar-refractivity contribution < 1.29 is 23.5 Å². The fourth-order valence-electron chi connectivity index (χ4n) is 1.76. The summed E-state index contributed by atoms with van der Waals surface area (Å²) in [6.07, 6.45) is 0.282. The van der Waals surface area contributed by atoms with E-state index in [0.29, 0.717) is 11.3 Å². The van der Waals surface area contributed by atoms with Gasteiger partial charge in [-0.1, -0.05) is 18.2 Å². The van der Waals surface area contributed by atoms with Crippen molar-refractivity contribution in [1.82, 2.24) is 10.9 Å². The van der Waals surface area contributed by atoms with Crippen LogP contribution in [0.5, 0.6) is 0 Å². The van der Waals surface area contributed by atoms with Crippen molar-refractivity contribution in [1.29, 1.82) is 0 Å². The van der Waals surface area contributed by atoms with Gasteiger partial charge in [-0.3, -0.25) is 20.4 Å². The molecule has 2 amide bonds. The van der Waals surface area contributed by atoms with Crippen LogP contribution in [0.2, 0.25) is 0 Å². The summed E-state index contributed by atoms with van der Waals surface area (Å²) in [5.74, 6) is -1.39. The smallest absolute Gasteiger partial charge is 0.342 e. The highest BCUT2D eigenvalue weighted by Crippen LogP contribution is 2.11. The minimum Gasteiger partial charge on any atom is -0.469 e. The van der Waals surface area contributed by atoms with Gasteiger partial charge in [0.25, 0.3) is 11.8 Å². The zero-order chi connectivity index (χ0) is 16.8. The van der Waals surface area contributed by atoms with Crippen molar-refractivity contribution in [2.75, 3.05) is 0 Å². The minimum atomic E-state index is -1.08. The van der Waals surface area contributed by atoms with Gasteiger partial charge < -0.3 is 9.15 Å². The standard InChI is InChI=1S/C16H16N2O5/c1-10-13(8-9-22-10)16(21)23-11(2)14(19)17-18-15(20)12-6-4-3-5-7-12/h3-9,11H,1-2H3,(H,17,19)(H,18,20)/t11-/m0/s1. The van der Waals surface area contributed by atoms with Gasteiger partial charge in [0, 0.05) is 5.56 Å². The van der Waals surface area contributed by atoms with E-state index in [1.165, 1.54) is 19.3 Å². The number of benzene rings is 1. The molecule has 0 aliphatic heterocycles. The van der Waals surface area contributed by atoms with Crippen molar-refractivity contribution in [2.24, 2.45) is 0 Å². The number of rotatable bonds is 4. The number of ether oxygens (including phenoxy) is 1. The van der Waals surface area contributed by atoms with Gasteiger partial charge in [-0.15, -0.1) is 0 Å². The second-order valence-corrected chi connectivity index (χ2v) is 4.75. The first-order valence-corrected chi connectivity index (χ1v) is 6.89. The molecule has 1 heterocycles. The maximum Gasteiger partial charge on any atom is 0.342 e. The predicted molar refractivity (Wildman–Crippen MR) is 80.4 cm³/mol. The second kappa shape index (κ2) is 7.26. The molecule has 0 saturated carbocycles. The number of esters is 1. The molecule has 1 aromatic heterocycles. The molecule has 0 radical (unpaired) electrons. The molecule has 120 valence electrons. The number of hydrogen-bond acceptors (Lipinski definition) is 5. The number of amides is 2. The van der Waals surface area contributed by atoms with Gasteiger partial charge in [0.2, 0.25) is 0 Å². The Morgan fingerprint density at radius 1 is 1.09 bits per heavy atom. The van der Waals surface area contributed by atoms with Crippen LogP contribution in [0.4, 0.5) is 0 Å². The molecular formula is C16H16N2O5. The third-order valence-electron chi connectivity index (χ3n) is 3.07. The number of carbonyl (C=O) groups is 3. The zero-order valence-electron chi connectivity index (χ0n) is 12.7. The van der Waals surface area contributed by atoms with Crippen molar-refractivity contribution in [2.45, 2.75) is 20.0 Å². The van der Waals surface area contributed by atoms with Crippen LogP contribution < -0.4 is 10.9 Å². The summed E-state index contributed by atoms with van der Waals surface area (Å²) in [5.41, 5.74) is 5.10. The highest BCUT2D eigenvalue weighted by atomic mass is 16.5. The molecule has 2 aromatic rings. The van der Waals surface area contributed by atoms with Crippen LogP contribution >= 0.6 is 0 Å². The van der Waals surface area contributed by atoms with Gasteiger partial charge in [0.15, 0.2) is 6.10 Å². The first kappa shape index (κ1) is 16.3. The molecule has 23 heavy (non-hydrogen) atoms. The van der Waals surface area contributed by atoms with Crippen molar-refractivity contribution in [3.8, 4) is 0 Å². The van der Waals surface area contributed by atoms with E-state index in [1.54, 1.807) is 37.3 Å². The predicted octanol–water partition coefficient (Wildman–Crippen LogP) is 1.59. The Labute approximate surface area is 132 Å². The van der Waals surface area contributed by atoms with Gasteiger partial charge in [0.1, 0.15) is 11.3 Å². The van der Waals surface area contributed by atoms with Crippen LogP contribution in [0.15, 0.2) is 47.1 Å². The lowest BCUT2D eigenvalue weighted by molar-refractivity contribution is -0.129. The first-order valence-electron chi connectivity index (χ1n) is 6.89. The number of hydrazine groups is 1. The maximum absolute atomic E-state index is 11.9. The Hall–Kier alpha value is -3.09. The first-order chi connectivity index (χ1) is 11.0. The summed E-state index contributed by atoms with van der Waals surface area (Å²) in [5, 5.41) is 0. The molecule has 2 rings (SSSR count). The highest BCUT2D eigenvalue weighted by Gasteiger charge is 2.21. The molecule has 2 N–H and O–H groups in total. The number of carbonyl (C=O) groups excluding carboxylic acids is 3. The molecule has 0 bridgehead atoms. The summed E-state index contributed by atoms with van der Waals surface area (Å²) in [6, 6.07) is 9.84. The SMILES string of the molecule is Cc1occc1C(=O)O[C@@H](C)C(=O)NNC(=O)c1ccccc1. The minimum absolute atomic E-state index is 0.248. The van der Waals surface area contributed by atoms with Crippen LogP contribution in [0.25, 0.3) is 0 Å². The Bertz CT molecular complexity index is 708. The average Bonchev–Trinajstić information content (AvgIpc) is 2.99. The van der Waals surface area contributed by atoms with Gasteiger partial charge in [-0.2, -0.15) is 0 Å². The molecule has 0 aliphatic carbocycles. The Morgan fingerprint density at radius 3 is 2.39 bits per heavy atom. The molecule has 0 fully saturated rings. The van der Waals surface area contributed by atoms with E-state index < -0.39 is 23.9 Å². The third-order valence-corrected chi connectivity index (χ3v) is 3.07. The summed E-state index contributed by atoms with van der Waals surface area (Å²) in [4.78, 5) is 35.5. The topological polar surface area (TPSA) is 97.6 Å². The largest absolute Gasteiger partial charge is 0.469 e. The van der Waals surface area contributed by atoms with Crippen molar-refractivity contribution in [3.05, 3.63) is 59.5 Å². The second-order valence-electron chi connectivity index (χ2n) is 4.75. The van der Waals surface area contributed by atoms with E-state index in [2.05, 4.69) is 10.9 Å². The molecule has 0 unspecified atom stereocenters. The van der Waals surface area contributed by atoms with Gasteiger partial charge in [0.05, 0.1) is 6.26 Å². The maximum atomic E-state index is 11.9. The number of hydrogen-bond donors (Lipinski definition) is 2. The van der Waals surface area contributed by atoms with Gasteiger partial charge >= 0.3 is 5.97 Å². The Morgan fingerprint density at radius 2 is 1.78 bits per heavy atom. The molecule has 7 heteroatoms. The van der Waals surface area contributed by atoms with Gasteiger partial charge in [-0.05, 0) is 32.0 Å². The summed E-state index contributed by atoms with van der Waals surface area (Å²) >= 11 is 0. The normalized spacial score (nSPS) is 11.4. The molecule has 0 aliphatic rings. The molecule has 0 saturated heterocycles. The van der Waals surface area contributed by atoms with Gasteiger partial charge in [-0.25, -0.2) is 4.79 Å². The van der Waals surface area contributed by atoms with E-state index in [-0.39, 0.29) is 5.56 Å². The third kappa shape index (κ3) is 4.19. The fourth-order valence-corrected chi connectivity index (χ4v) is 1.76. The molecule has 1 aromatic carbocycles. The van der Waals surface area contributed by atoms with Crippen LogP contribution in [0.3, 0.4) is 0 Å². The van der Waals surface area contributed by atoms with Crippen molar-refractivity contribution >= 4 is 17.8 Å². The van der Waals surface area contributed by atoms with Crippen LogP contribution in [-0.2, 0) is 9.53 Å². The summed E-state index contributed by atoms with van der Waals surface area (Å²) < 4.78 is 10.0. The fraction of sp³-hybridized carbons (Fsp3) is 0.188. The average molecular weight is 316 g/mol. The lowest BCUT2D eigenvalue weighted by atomic mass is 10.2. The van der Waals surface area contributed by atoms with E-state index in [1.807, 2.05) is 0 Å². The summed E-state index contributed by atoms with van der Waals surface area (Å²) in [6.45, 7) is 3.01. The quantitative estimate of drug-likeness (QED) is 0.659. The zero-order valence-corrected chi connectivity index (χ0v) is 12.7. The Balaban J connectivity index is 1.85. The molecule has 1 atom stereocenters. The van der Waals surface area contributed by atoms with E-state index in [4.69, 9.17) is 9.15 Å². The van der Waals surface area contributed by atoms with Crippen LogP contribution in [-0.4, -0.2) is 23.9 Å². The van der Waals surface area contributed by atoms with Crippen LogP contribution in [0.1, 0.15) is 33.4 Å². The lowest BCUT2D eigenvalue weighted by Crippen LogP contribution is -2.46. The summed E-state index contributed by atoms with van der Waals surface area (Å²) in [7, 11) is 0. The molecule has 7 nitrogen and oxygen atoms in total.